The Morgan fingerprint density at radius 2 is 0.960 bits per heavy atom. The lowest BCUT2D eigenvalue weighted by molar-refractivity contribution is -0.137. The monoisotopic (exact) mass is 692 g/mol. The maximum atomic E-state index is 14.7. The van der Waals surface area contributed by atoms with Gasteiger partial charge in [0, 0.05) is 37.3 Å². The van der Waals surface area contributed by atoms with Gasteiger partial charge in [-0.05, 0) is 113 Å². The van der Waals surface area contributed by atoms with Crippen LogP contribution in [0.2, 0.25) is 0 Å². The number of alkyl halides is 6. The number of benzene rings is 4. The molecule has 4 aromatic rings. The zero-order chi connectivity index (χ0) is 36.0. The van der Waals surface area contributed by atoms with Gasteiger partial charge in [-0.1, -0.05) is 57.2 Å². The average Bonchev–Trinajstić information content (AvgIpc) is 3.06. The van der Waals surface area contributed by atoms with Crippen LogP contribution in [0.5, 0.6) is 0 Å². The molecule has 0 unspecified atom stereocenters. The predicted molar refractivity (Wildman–Crippen MR) is 184 cm³/mol. The molecule has 0 radical (unpaired) electrons. The van der Waals surface area contributed by atoms with Crippen molar-refractivity contribution in [3.63, 3.8) is 0 Å². The van der Waals surface area contributed by atoms with Gasteiger partial charge in [-0.3, -0.25) is 9.59 Å². The van der Waals surface area contributed by atoms with Crippen molar-refractivity contribution in [2.45, 2.75) is 77.1 Å². The summed E-state index contributed by atoms with van der Waals surface area (Å²) in [7, 11) is 0. The molecule has 10 heteroatoms. The predicted octanol–water partition coefficient (Wildman–Crippen LogP) is 11.1. The molecule has 0 aromatic heterocycles. The Balaban J connectivity index is 1.78. The lowest BCUT2D eigenvalue weighted by Gasteiger charge is -2.32. The zero-order valence-electron chi connectivity index (χ0n) is 28.1. The summed E-state index contributed by atoms with van der Waals surface area (Å²) < 4.78 is 88.3. The van der Waals surface area contributed by atoms with Crippen LogP contribution in [0.15, 0.2) is 78.9 Å². The Hall–Kier alpha value is -4.60. The molecule has 262 valence electrons. The number of carbonyl (C=O) groups excluding carboxylic acids is 2. The van der Waals surface area contributed by atoms with Gasteiger partial charge in [0.05, 0.1) is 11.1 Å². The van der Waals surface area contributed by atoms with Gasteiger partial charge in [0.2, 0.25) is 11.8 Å². The third-order valence-electron chi connectivity index (χ3n) is 9.51. The second-order valence-corrected chi connectivity index (χ2v) is 14.0. The Kier molecular flexibility index (Phi) is 9.35. The molecule has 0 aliphatic carbocycles. The minimum absolute atomic E-state index is 0.0929. The Bertz CT molecular complexity index is 1810. The van der Waals surface area contributed by atoms with Crippen molar-refractivity contribution in [3.8, 4) is 33.4 Å². The van der Waals surface area contributed by atoms with Crippen molar-refractivity contribution < 1.29 is 35.9 Å². The van der Waals surface area contributed by atoms with E-state index in [4.69, 9.17) is 0 Å². The highest BCUT2D eigenvalue weighted by Crippen LogP contribution is 2.50. The second-order valence-electron chi connectivity index (χ2n) is 14.0. The van der Waals surface area contributed by atoms with Gasteiger partial charge in [0.25, 0.3) is 0 Å². The molecule has 0 N–H and O–H groups in total. The topological polar surface area (TPSA) is 40.6 Å². The Morgan fingerprint density at radius 1 is 0.540 bits per heavy atom. The molecule has 6 rings (SSSR count). The van der Waals surface area contributed by atoms with Gasteiger partial charge in [-0.15, -0.1) is 0 Å². The molecule has 0 spiro atoms. The van der Waals surface area contributed by atoms with Crippen molar-refractivity contribution in [1.29, 1.82) is 0 Å². The maximum Gasteiger partial charge on any atom is 0.417 e. The lowest BCUT2D eigenvalue weighted by atomic mass is 9.78. The van der Waals surface area contributed by atoms with Gasteiger partial charge >= 0.3 is 12.4 Å². The van der Waals surface area contributed by atoms with E-state index in [-0.39, 0.29) is 39.6 Å². The molecule has 0 bridgehead atoms. The van der Waals surface area contributed by atoms with E-state index < -0.39 is 28.9 Å². The van der Waals surface area contributed by atoms with Crippen LogP contribution in [0.4, 0.5) is 37.7 Å². The maximum absolute atomic E-state index is 14.7. The van der Waals surface area contributed by atoms with E-state index in [9.17, 15) is 35.9 Å². The fourth-order valence-corrected chi connectivity index (χ4v) is 6.95. The molecule has 2 aliphatic heterocycles. The van der Waals surface area contributed by atoms with Gasteiger partial charge in [0.1, 0.15) is 0 Å². The summed E-state index contributed by atoms with van der Waals surface area (Å²) in [5.74, 6) is -0.282. The summed E-state index contributed by atoms with van der Waals surface area (Å²) in [6, 6.07) is 18.4. The number of carbonyl (C=O) groups is 2. The number of rotatable bonds is 5. The highest BCUT2D eigenvalue weighted by Gasteiger charge is 2.37. The number of halogens is 6. The largest absolute Gasteiger partial charge is 0.417 e. The first-order valence-corrected chi connectivity index (χ1v) is 16.8. The Labute approximate surface area is 287 Å². The first kappa shape index (κ1) is 35.2. The molecule has 2 saturated heterocycles. The first-order valence-electron chi connectivity index (χ1n) is 16.8. The number of nitrogens with zero attached hydrogens (tertiary/aromatic N) is 2. The highest BCUT2D eigenvalue weighted by molar-refractivity contribution is 6.02. The number of piperidine rings is 2. The van der Waals surface area contributed by atoms with Crippen molar-refractivity contribution in [3.05, 3.63) is 95.6 Å². The summed E-state index contributed by atoms with van der Waals surface area (Å²) in [5.41, 5.74) is -0.889. The van der Waals surface area contributed by atoms with Gasteiger partial charge < -0.3 is 9.80 Å². The zero-order valence-corrected chi connectivity index (χ0v) is 28.1. The van der Waals surface area contributed by atoms with E-state index in [1.807, 2.05) is 20.8 Å². The van der Waals surface area contributed by atoms with Crippen molar-refractivity contribution in [2.24, 2.45) is 0 Å². The molecule has 2 amide bonds. The fraction of sp³-hybridized carbons (Fsp3) is 0.350. The minimum Gasteiger partial charge on any atom is -0.312 e. The summed E-state index contributed by atoms with van der Waals surface area (Å²) in [6.45, 7) is 6.34. The Morgan fingerprint density at radius 3 is 1.34 bits per heavy atom. The van der Waals surface area contributed by atoms with Crippen molar-refractivity contribution >= 4 is 23.2 Å². The summed E-state index contributed by atoms with van der Waals surface area (Å²) in [5, 5.41) is 0. The normalized spacial score (nSPS) is 16.3. The van der Waals surface area contributed by atoms with E-state index in [1.165, 1.54) is 36.4 Å². The fourth-order valence-electron chi connectivity index (χ4n) is 6.95. The van der Waals surface area contributed by atoms with Crippen LogP contribution in [0.1, 0.15) is 76.0 Å². The molecule has 2 aliphatic rings. The third kappa shape index (κ3) is 7.02. The van der Waals surface area contributed by atoms with E-state index in [2.05, 4.69) is 0 Å². The van der Waals surface area contributed by atoms with E-state index in [0.717, 1.165) is 25.0 Å². The molecule has 50 heavy (non-hydrogen) atoms. The van der Waals surface area contributed by atoms with Crippen LogP contribution < -0.4 is 9.80 Å². The number of anilines is 2. The van der Waals surface area contributed by atoms with E-state index in [0.29, 0.717) is 61.3 Å². The molecule has 2 heterocycles. The van der Waals surface area contributed by atoms with Crippen molar-refractivity contribution in [1.82, 2.24) is 0 Å². The van der Waals surface area contributed by atoms with Gasteiger partial charge in [-0.25, -0.2) is 0 Å². The smallest absolute Gasteiger partial charge is 0.312 e. The third-order valence-corrected chi connectivity index (χ3v) is 9.51. The molecule has 0 saturated carbocycles. The molecule has 0 atom stereocenters. The lowest BCUT2D eigenvalue weighted by Crippen LogP contribution is -2.37. The van der Waals surface area contributed by atoms with Crippen LogP contribution >= 0.6 is 0 Å². The van der Waals surface area contributed by atoms with Crippen LogP contribution in [0, 0.1) is 0 Å². The van der Waals surface area contributed by atoms with E-state index in [1.54, 1.807) is 40.1 Å². The quantitative estimate of drug-likeness (QED) is 0.195. The number of hydrogen-bond donors (Lipinski definition) is 0. The van der Waals surface area contributed by atoms with Crippen LogP contribution in [-0.4, -0.2) is 24.9 Å². The minimum atomic E-state index is -4.77. The van der Waals surface area contributed by atoms with E-state index >= 15 is 0 Å². The summed E-state index contributed by atoms with van der Waals surface area (Å²) in [4.78, 5) is 29.7. The number of amides is 2. The van der Waals surface area contributed by atoms with Crippen LogP contribution in [-0.2, 0) is 27.4 Å². The average molecular weight is 693 g/mol. The summed E-state index contributed by atoms with van der Waals surface area (Å²) >= 11 is 0. The van der Waals surface area contributed by atoms with Crippen LogP contribution in [0.3, 0.4) is 0 Å². The molecule has 4 nitrogen and oxygen atoms in total. The van der Waals surface area contributed by atoms with Crippen LogP contribution in [0.25, 0.3) is 33.4 Å². The molecular formula is C40H38F6N2O2. The highest BCUT2D eigenvalue weighted by atomic mass is 19.4. The number of hydrogen-bond acceptors (Lipinski definition) is 2. The summed E-state index contributed by atoms with van der Waals surface area (Å²) in [6.07, 6.45) is -6.08. The molecule has 2 fully saturated rings. The first-order chi connectivity index (χ1) is 23.5. The van der Waals surface area contributed by atoms with Crippen molar-refractivity contribution in [2.75, 3.05) is 22.9 Å². The van der Waals surface area contributed by atoms with Gasteiger partial charge in [0.15, 0.2) is 0 Å². The molecule has 4 aromatic carbocycles. The SMILES string of the molecule is CC(C)(C)c1cc(-c2ccccc2C(F)(F)F)c(-c2cc(N3CCCCC3=O)cc(N3CCCCC3=O)c2)c(-c2ccccc2C(F)(F)F)c1. The second kappa shape index (κ2) is 13.3. The van der Waals surface area contributed by atoms with Gasteiger partial charge in [-0.2, -0.15) is 26.3 Å². The standard InChI is InChI=1S/C40H38F6N2O2/c1-38(2,3)26-22-31(29-12-4-6-14-33(29)39(41,42)43)37(32(23-26)30-13-5-7-15-34(30)40(44,45)46)25-20-27(47-18-10-8-16-35(47)49)24-28(21-25)48-19-11-9-17-36(48)50/h4-7,12-15,20-24H,8-11,16-19H2,1-3H3. The molecular weight excluding hydrogens is 654 g/mol.